The zero-order valence-corrected chi connectivity index (χ0v) is 12.4. The molecule has 4 heteroatoms. The lowest BCUT2D eigenvalue weighted by atomic mass is 10.1. The first-order valence-electron chi connectivity index (χ1n) is 6.07. The van der Waals surface area contributed by atoms with Crippen LogP contribution in [-0.4, -0.2) is 9.97 Å². The van der Waals surface area contributed by atoms with Gasteiger partial charge in [-0.25, -0.2) is 4.98 Å². The average Bonchev–Trinajstić information content (AvgIpc) is 2.76. The third-order valence-corrected chi connectivity index (χ3v) is 3.83. The number of fused-ring (bicyclic) bond motifs is 1. The van der Waals surface area contributed by atoms with E-state index >= 15 is 0 Å². The van der Waals surface area contributed by atoms with E-state index in [0.717, 1.165) is 38.1 Å². The van der Waals surface area contributed by atoms with Crippen molar-refractivity contribution in [2.24, 2.45) is 0 Å². The molecule has 0 atom stereocenters. The number of H-pyrrole nitrogens is 1. The van der Waals surface area contributed by atoms with Crippen molar-refractivity contribution in [2.45, 2.75) is 13.8 Å². The highest BCUT2D eigenvalue weighted by Gasteiger charge is 2.09. The minimum Gasteiger partial charge on any atom is -0.399 e. The van der Waals surface area contributed by atoms with Gasteiger partial charge in [-0.1, -0.05) is 0 Å². The second-order valence-corrected chi connectivity index (χ2v) is 5.65. The molecule has 0 bridgehead atoms. The molecule has 19 heavy (non-hydrogen) atoms. The molecule has 0 spiro atoms. The van der Waals surface area contributed by atoms with Gasteiger partial charge in [0.15, 0.2) is 0 Å². The van der Waals surface area contributed by atoms with Gasteiger partial charge in [0.05, 0.1) is 5.52 Å². The van der Waals surface area contributed by atoms with Crippen molar-refractivity contribution >= 4 is 32.7 Å². The predicted molar refractivity (Wildman–Crippen MR) is 83.1 cm³/mol. The van der Waals surface area contributed by atoms with Crippen LogP contribution in [-0.2, 0) is 0 Å². The summed E-state index contributed by atoms with van der Waals surface area (Å²) in [5, 5.41) is 0. The number of hydrogen-bond acceptors (Lipinski definition) is 2. The van der Waals surface area contributed by atoms with Gasteiger partial charge in [-0.3, -0.25) is 0 Å². The molecule has 3 nitrogen and oxygen atoms in total. The van der Waals surface area contributed by atoms with E-state index in [1.807, 2.05) is 25.1 Å². The second kappa shape index (κ2) is 4.38. The monoisotopic (exact) mass is 315 g/mol. The first kappa shape index (κ1) is 12.2. The van der Waals surface area contributed by atoms with Gasteiger partial charge in [-0.15, -0.1) is 0 Å². The van der Waals surface area contributed by atoms with Crippen LogP contribution in [0.1, 0.15) is 11.1 Å². The number of rotatable bonds is 1. The van der Waals surface area contributed by atoms with Gasteiger partial charge in [0.2, 0.25) is 0 Å². The molecule has 3 rings (SSSR count). The van der Waals surface area contributed by atoms with E-state index in [-0.39, 0.29) is 0 Å². The van der Waals surface area contributed by atoms with Crippen molar-refractivity contribution in [3.8, 4) is 11.4 Å². The molecular formula is C15H14BrN3. The molecule has 1 heterocycles. The molecule has 0 unspecified atom stereocenters. The summed E-state index contributed by atoms with van der Waals surface area (Å²) in [6.07, 6.45) is 0. The van der Waals surface area contributed by atoms with Crippen LogP contribution in [0, 0.1) is 13.8 Å². The van der Waals surface area contributed by atoms with Crippen molar-refractivity contribution in [2.75, 3.05) is 5.73 Å². The first-order chi connectivity index (χ1) is 9.04. The van der Waals surface area contributed by atoms with Crippen LogP contribution >= 0.6 is 15.9 Å². The minimum atomic E-state index is 0.803. The molecule has 3 aromatic rings. The summed E-state index contributed by atoms with van der Waals surface area (Å²) in [5.74, 6) is 0.865. The van der Waals surface area contributed by atoms with Crippen LogP contribution in [0.3, 0.4) is 0 Å². The molecule has 0 aliphatic rings. The van der Waals surface area contributed by atoms with E-state index in [9.17, 15) is 0 Å². The molecule has 2 aromatic carbocycles. The van der Waals surface area contributed by atoms with Gasteiger partial charge in [0, 0.05) is 15.7 Å². The highest BCUT2D eigenvalue weighted by Crippen LogP contribution is 2.28. The average molecular weight is 316 g/mol. The number of aryl methyl sites for hydroxylation is 2. The van der Waals surface area contributed by atoms with Crippen LogP contribution < -0.4 is 5.73 Å². The zero-order valence-electron chi connectivity index (χ0n) is 10.8. The maximum atomic E-state index is 5.85. The summed E-state index contributed by atoms with van der Waals surface area (Å²) in [7, 11) is 0. The number of nitrogens with two attached hydrogens (primary N) is 1. The summed E-state index contributed by atoms with van der Waals surface area (Å²) in [5.41, 5.74) is 12.0. The molecule has 96 valence electrons. The number of aromatic amines is 1. The topological polar surface area (TPSA) is 54.7 Å². The third kappa shape index (κ3) is 2.12. The zero-order chi connectivity index (χ0) is 13.6. The fourth-order valence-electron chi connectivity index (χ4n) is 2.17. The minimum absolute atomic E-state index is 0.803. The SMILES string of the molecule is Cc1cc(Br)c2nc(-c3ccc(N)c(C)c3)[nH]c2c1. The molecule has 0 fully saturated rings. The predicted octanol–water partition coefficient (Wildman–Crippen LogP) is 4.19. The quantitative estimate of drug-likeness (QED) is 0.661. The number of imidazole rings is 1. The van der Waals surface area contributed by atoms with Gasteiger partial charge >= 0.3 is 0 Å². The summed E-state index contributed by atoms with van der Waals surface area (Å²) in [6, 6.07) is 10.1. The molecule has 0 aliphatic heterocycles. The fraction of sp³-hybridized carbons (Fsp3) is 0.133. The van der Waals surface area contributed by atoms with E-state index in [4.69, 9.17) is 5.73 Å². The Morgan fingerprint density at radius 3 is 2.68 bits per heavy atom. The first-order valence-corrected chi connectivity index (χ1v) is 6.86. The Morgan fingerprint density at radius 2 is 1.95 bits per heavy atom. The lowest BCUT2D eigenvalue weighted by Crippen LogP contribution is -1.90. The fourth-order valence-corrected chi connectivity index (χ4v) is 2.83. The van der Waals surface area contributed by atoms with Crippen molar-refractivity contribution < 1.29 is 0 Å². The summed E-state index contributed by atoms with van der Waals surface area (Å²) >= 11 is 3.56. The van der Waals surface area contributed by atoms with E-state index in [1.165, 1.54) is 5.56 Å². The number of nitrogen functional groups attached to an aromatic ring is 1. The Balaban J connectivity index is 2.20. The van der Waals surface area contributed by atoms with E-state index in [0.29, 0.717) is 0 Å². The number of anilines is 1. The maximum absolute atomic E-state index is 5.85. The smallest absolute Gasteiger partial charge is 0.138 e. The molecule has 0 saturated carbocycles. The molecular weight excluding hydrogens is 302 g/mol. The Hall–Kier alpha value is -1.81. The lowest BCUT2D eigenvalue weighted by molar-refractivity contribution is 1.32. The van der Waals surface area contributed by atoms with Gasteiger partial charge in [0.25, 0.3) is 0 Å². The van der Waals surface area contributed by atoms with Crippen LogP contribution in [0.15, 0.2) is 34.8 Å². The Labute approximate surface area is 120 Å². The highest BCUT2D eigenvalue weighted by atomic mass is 79.9. The number of benzene rings is 2. The maximum Gasteiger partial charge on any atom is 0.138 e. The normalized spacial score (nSPS) is 11.1. The van der Waals surface area contributed by atoms with E-state index < -0.39 is 0 Å². The van der Waals surface area contributed by atoms with Gasteiger partial charge in [-0.2, -0.15) is 0 Å². The van der Waals surface area contributed by atoms with Crippen LogP contribution in [0.25, 0.3) is 22.4 Å². The number of halogens is 1. The molecule has 0 aliphatic carbocycles. The lowest BCUT2D eigenvalue weighted by Gasteiger charge is -2.01. The summed E-state index contributed by atoms with van der Waals surface area (Å²) < 4.78 is 1.01. The molecule has 3 N–H and O–H groups in total. The largest absolute Gasteiger partial charge is 0.399 e. The Morgan fingerprint density at radius 1 is 1.16 bits per heavy atom. The van der Waals surface area contributed by atoms with Crippen molar-refractivity contribution in [1.82, 2.24) is 9.97 Å². The Bertz CT molecular complexity index is 774. The van der Waals surface area contributed by atoms with Crippen molar-refractivity contribution in [3.05, 3.63) is 45.9 Å². The molecule has 1 aromatic heterocycles. The Kier molecular flexibility index (Phi) is 2.82. The molecule has 0 radical (unpaired) electrons. The summed E-state index contributed by atoms with van der Waals surface area (Å²) in [4.78, 5) is 8.01. The highest BCUT2D eigenvalue weighted by molar-refractivity contribution is 9.10. The number of hydrogen-bond donors (Lipinski definition) is 2. The number of nitrogens with zero attached hydrogens (tertiary/aromatic N) is 1. The molecule has 0 amide bonds. The van der Waals surface area contributed by atoms with Crippen LogP contribution in [0.2, 0.25) is 0 Å². The van der Waals surface area contributed by atoms with E-state index in [2.05, 4.69) is 45.0 Å². The molecule has 0 saturated heterocycles. The van der Waals surface area contributed by atoms with E-state index in [1.54, 1.807) is 0 Å². The standard InChI is InChI=1S/C15H14BrN3/c1-8-5-11(16)14-13(6-8)18-15(19-14)10-3-4-12(17)9(2)7-10/h3-7H,17H2,1-2H3,(H,18,19). The number of aromatic nitrogens is 2. The third-order valence-electron chi connectivity index (χ3n) is 3.23. The summed E-state index contributed by atoms with van der Waals surface area (Å²) in [6.45, 7) is 4.07. The van der Waals surface area contributed by atoms with Gasteiger partial charge in [0.1, 0.15) is 11.3 Å². The van der Waals surface area contributed by atoms with Crippen molar-refractivity contribution in [3.63, 3.8) is 0 Å². The van der Waals surface area contributed by atoms with Gasteiger partial charge in [-0.05, 0) is 71.2 Å². The van der Waals surface area contributed by atoms with Gasteiger partial charge < -0.3 is 10.7 Å². The van der Waals surface area contributed by atoms with Crippen LogP contribution in [0.5, 0.6) is 0 Å². The van der Waals surface area contributed by atoms with Crippen LogP contribution in [0.4, 0.5) is 5.69 Å². The second-order valence-electron chi connectivity index (χ2n) is 4.80. The van der Waals surface area contributed by atoms with Crippen molar-refractivity contribution in [1.29, 1.82) is 0 Å². The number of nitrogens with one attached hydrogen (secondary N) is 1.